The maximum absolute atomic E-state index is 12.7. The Morgan fingerprint density at radius 2 is 1.50 bits per heavy atom. The Hall–Kier alpha value is -2.96. The predicted octanol–water partition coefficient (Wildman–Crippen LogP) is 5.44. The van der Waals surface area contributed by atoms with E-state index in [4.69, 9.17) is 14.3 Å². The van der Waals surface area contributed by atoms with Gasteiger partial charge in [0.2, 0.25) is 0 Å². The van der Waals surface area contributed by atoms with E-state index >= 15 is 0 Å². The molecule has 1 aromatic rings. The molecule has 0 heterocycles. The molecule has 174 valence electrons. The lowest BCUT2D eigenvalue weighted by Crippen LogP contribution is -2.18. The minimum Gasteiger partial charge on any atom is -0.496 e. The molecule has 0 radical (unpaired) electrons. The van der Waals surface area contributed by atoms with Crippen molar-refractivity contribution in [3.63, 3.8) is 0 Å². The molecule has 0 bridgehead atoms. The van der Waals surface area contributed by atoms with Gasteiger partial charge < -0.3 is 14.3 Å². The van der Waals surface area contributed by atoms with Crippen molar-refractivity contribution in [1.29, 1.82) is 0 Å². The van der Waals surface area contributed by atoms with Crippen LogP contribution in [-0.2, 0) is 9.63 Å². The van der Waals surface area contributed by atoms with Gasteiger partial charge >= 0.3 is 5.97 Å². The second kappa shape index (κ2) is 12.8. The van der Waals surface area contributed by atoms with Crippen molar-refractivity contribution < 1.29 is 28.7 Å². The minimum atomic E-state index is -0.425. The third kappa shape index (κ3) is 6.28. The first kappa shape index (κ1) is 25.3. The summed E-state index contributed by atoms with van der Waals surface area (Å²) in [6, 6.07) is 1.63. The molecule has 1 aliphatic carbocycles. The molecular weight excluding hydrogens is 410 g/mol. The Morgan fingerprint density at radius 1 is 0.844 bits per heavy atom. The van der Waals surface area contributed by atoms with E-state index in [0.29, 0.717) is 24.1 Å². The molecule has 0 fully saturated rings. The molecule has 1 aliphatic rings. The van der Waals surface area contributed by atoms with E-state index in [1.165, 1.54) is 45.6 Å². The van der Waals surface area contributed by atoms with E-state index in [9.17, 15) is 14.4 Å². The maximum atomic E-state index is 12.7. The van der Waals surface area contributed by atoms with Crippen LogP contribution in [0, 0.1) is 0 Å². The highest BCUT2D eigenvalue weighted by Gasteiger charge is 2.31. The number of allylic oxidation sites excluding steroid dienone is 2. The van der Waals surface area contributed by atoms with Gasteiger partial charge in [-0.25, -0.2) is 4.79 Å². The van der Waals surface area contributed by atoms with Crippen molar-refractivity contribution in [2.75, 3.05) is 14.2 Å². The lowest BCUT2D eigenvalue weighted by Gasteiger charge is -2.20. The summed E-state index contributed by atoms with van der Waals surface area (Å²) < 4.78 is 11.0. The number of methoxy groups -OCH3 is 2. The highest BCUT2D eigenvalue weighted by Crippen LogP contribution is 2.38. The van der Waals surface area contributed by atoms with Gasteiger partial charge in [-0.05, 0) is 37.5 Å². The summed E-state index contributed by atoms with van der Waals surface area (Å²) in [6.07, 6.45) is 10.4. The van der Waals surface area contributed by atoms with E-state index in [0.717, 1.165) is 19.3 Å². The number of rotatable bonds is 13. The van der Waals surface area contributed by atoms with Crippen molar-refractivity contribution >= 4 is 23.2 Å². The number of hydrogen-bond donors (Lipinski definition) is 0. The average molecular weight is 444 g/mol. The van der Waals surface area contributed by atoms with Gasteiger partial charge in [0.05, 0.1) is 31.1 Å². The van der Waals surface area contributed by atoms with Crippen molar-refractivity contribution in [2.45, 2.75) is 71.6 Å². The van der Waals surface area contributed by atoms with Crippen LogP contribution >= 0.6 is 0 Å². The SMILES string of the molecule is CCCCCCCCC(=NOC(=O)CCC)c1cc(OC)c2c(c1OC)C(=O)C=CC2=O. The number of benzene rings is 1. The Labute approximate surface area is 189 Å². The lowest BCUT2D eigenvalue weighted by molar-refractivity contribution is -0.143. The molecule has 0 saturated heterocycles. The van der Waals surface area contributed by atoms with E-state index in [-0.39, 0.29) is 40.6 Å². The number of unbranched alkanes of at least 4 members (excludes halogenated alkanes) is 5. The summed E-state index contributed by atoms with van der Waals surface area (Å²) in [5, 5.41) is 4.14. The maximum Gasteiger partial charge on any atom is 0.335 e. The Bertz CT molecular complexity index is 900. The third-order valence-corrected chi connectivity index (χ3v) is 5.34. The van der Waals surface area contributed by atoms with Gasteiger partial charge in [0.15, 0.2) is 11.6 Å². The number of nitrogens with zero attached hydrogens (tertiary/aromatic N) is 1. The van der Waals surface area contributed by atoms with Gasteiger partial charge in [-0.1, -0.05) is 51.1 Å². The topological polar surface area (TPSA) is 91.3 Å². The molecule has 32 heavy (non-hydrogen) atoms. The minimum absolute atomic E-state index is 0.143. The molecule has 0 atom stereocenters. The summed E-state index contributed by atoms with van der Waals surface area (Å²) >= 11 is 0. The molecule has 7 heteroatoms. The molecule has 0 saturated carbocycles. The van der Waals surface area contributed by atoms with Crippen LogP contribution in [-0.4, -0.2) is 37.5 Å². The molecule has 0 spiro atoms. The monoisotopic (exact) mass is 443 g/mol. The van der Waals surface area contributed by atoms with Crippen LogP contribution in [0.5, 0.6) is 11.5 Å². The highest BCUT2D eigenvalue weighted by atomic mass is 16.7. The lowest BCUT2D eigenvalue weighted by atomic mass is 9.88. The highest BCUT2D eigenvalue weighted by molar-refractivity contribution is 6.25. The zero-order valence-corrected chi connectivity index (χ0v) is 19.5. The van der Waals surface area contributed by atoms with Crippen molar-refractivity contribution in [1.82, 2.24) is 0 Å². The standard InChI is InChI=1S/C25H33NO6/c1-5-7-8-9-10-11-13-18(26-32-22(29)12-6-2)17-16-21(30-3)23-19(27)14-15-20(28)24(23)25(17)31-4/h14-16H,5-13H2,1-4H3. The number of hydrogen-bond acceptors (Lipinski definition) is 7. The predicted molar refractivity (Wildman–Crippen MR) is 123 cm³/mol. The number of fused-ring (bicyclic) bond motifs is 1. The number of ketones is 2. The van der Waals surface area contributed by atoms with E-state index < -0.39 is 5.97 Å². The molecule has 0 amide bonds. The summed E-state index contributed by atoms with van der Waals surface area (Å²) in [4.78, 5) is 42.2. The Kier molecular flexibility index (Phi) is 10.1. The Balaban J connectivity index is 2.46. The number of carbonyl (C=O) groups is 3. The van der Waals surface area contributed by atoms with E-state index in [1.54, 1.807) is 6.07 Å². The van der Waals surface area contributed by atoms with Crippen LogP contribution in [0.4, 0.5) is 0 Å². The molecule has 0 aliphatic heterocycles. The zero-order valence-electron chi connectivity index (χ0n) is 19.5. The fourth-order valence-electron chi connectivity index (χ4n) is 3.68. The molecule has 1 aromatic carbocycles. The fourth-order valence-corrected chi connectivity index (χ4v) is 3.68. The second-order valence-electron chi connectivity index (χ2n) is 7.74. The number of oxime groups is 1. The first-order valence-electron chi connectivity index (χ1n) is 11.3. The van der Waals surface area contributed by atoms with Crippen LogP contribution in [0.3, 0.4) is 0 Å². The van der Waals surface area contributed by atoms with Gasteiger partial charge in [-0.3, -0.25) is 9.59 Å². The molecule has 7 nitrogen and oxygen atoms in total. The molecular formula is C25H33NO6. The van der Waals surface area contributed by atoms with Crippen molar-refractivity contribution in [3.8, 4) is 11.5 Å². The summed E-state index contributed by atoms with van der Waals surface area (Å²) in [5.41, 5.74) is 1.28. The molecule has 0 aromatic heterocycles. The van der Waals surface area contributed by atoms with Crippen LogP contribution in [0.2, 0.25) is 0 Å². The largest absolute Gasteiger partial charge is 0.496 e. The first-order chi connectivity index (χ1) is 15.5. The zero-order chi connectivity index (χ0) is 23.5. The first-order valence-corrected chi connectivity index (χ1v) is 11.3. The van der Waals surface area contributed by atoms with Crippen molar-refractivity contribution in [3.05, 3.63) is 34.9 Å². The Morgan fingerprint density at radius 3 is 2.12 bits per heavy atom. The number of carbonyl (C=O) groups excluding carboxylic acids is 3. The smallest absolute Gasteiger partial charge is 0.335 e. The van der Waals surface area contributed by atoms with Gasteiger partial charge in [-0.2, -0.15) is 0 Å². The molecule has 0 N–H and O–H groups in total. The average Bonchev–Trinajstić information content (AvgIpc) is 2.79. The van der Waals surface area contributed by atoms with E-state index in [1.807, 2.05) is 6.92 Å². The molecule has 0 unspecified atom stereocenters. The van der Waals surface area contributed by atoms with Crippen LogP contribution in [0.15, 0.2) is 23.4 Å². The van der Waals surface area contributed by atoms with Gasteiger partial charge in [0, 0.05) is 12.0 Å². The van der Waals surface area contributed by atoms with Gasteiger partial charge in [-0.15, -0.1) is 0 Å². The summed E-state index contributed by atoms with van der Waals surface area (Å²) in [5.74, 6) is -0.608. The van der Waals surface area contributed by atoms with Gasteiger partial charge in [0.1, 0.15) is 11.5 Å². The van der Waals surface area contributed by atoms with Crippen molar-refractivity contribution in [2.24, 2.45) is 5.16 Å². The summed E-state index contributed by atoms with van der Waals surface area (Å²) in [6.45, 7) is 4.06. The van der Waals surface area contributed by atoms with Gasteiger partial charge in [0.25, 0.3) is 0 Å². The third-order valence-electron chi connectivity index (χ3n) is 5.34. The fraction of sp³-hybridized carbons (Fsp3) is 0.520. The second-order valence-corrected chi connectivity index (χ2v) is 7.74. The summed E-state index contributed by atoms with van der Waals surface area (Å²) in [7, 11) is 2.88. The molecule has 2 rings (SSSR count). The van der Waals surface area contributed by atoms with Crippen LogP contribution in [0.25, 0.3) is 0 Å². The van der Waals surface area contributed by atoms with Crippen LogP contribution < -0.4 is 9.47 Å². The van der Waals surface area contributed by atoms with E-state index in [2.05, 4.69) is 12.1 Å². The quantitative estimate of drug-likeness (QED) is 0.175. The van der Waals surface area contributed by atoms with Crippen LogP contribution in [0.1, 0.15) is 97.9 Å². The normalized spacial score (nSPS) is 13.2. The number of ether oxygens (including phenoxy) is 2.